The van der Waals surface area contributed by atoms with Gasteiger partial charge in [0.25, 0.3) is 5.91 Å². The maximum Gasteiger partial charge on any atom is 0.259 e. The van der Waals surface area contributed by atoms with Gasteiger partial charge >= 0.3 is 0 Å². The summed E-state index contributed by atoms with van der Waals surface area (Å²) < 4.78 is 0. The van der Waals surface area contributed by atoms with Crippen molar-refractivity contribution < 1.29 is 9.90 Å². The first kappa shape index (κ1) is 18.1. The number of aliphatic hydroxyl groups is 1. The first-order chi connectivity index (χ1) is 11.5. The lowest BCUT2D eigenvalue weighted by Crippen LogP contribution is -2.37. The summed E-state index contributed by atoms with van der Waals surface area (Å²) in [5.41, 5.74) is 1.54. The quantitative estimate of drug-likeness (QED) is 0.820. The van der Waals surface area contributed by atoms with E-state index in [0.717, 1.165) is 5.56 Å². The van der Waals surface area contributed by atoms with Crippen LogP contribution < -0.4 is 10.2 Å². The smallest absolute Gasteiger partial charge is 0.259 e. The number of benzene rings is 1. The molecule has 1 aromatic heterocycles. The van der Waals surface area contributed by atoms with Crippen LogP contribution >= 0.6 is 0 Å². The van der Waals surface area contributed by atoms with Gasteiger partial charge in [-0.25, -0.2) is 4.98 Å². The number of aromatic nitrogens is 1. The van der Waals surface area contributed by atoms with Crippen LogP contribution in [0.1, 0.15) is 29.8 Å². The SMILES string of the molecule is CC(C)[C@H](CO)NCc1ccccc1C(=O)N(C)c1ccccn1. The minimum absolute atomic E-state index is 0.00155. The Hall–Kier alpha value is -2.24. The van der Waals surface area contributed by atoms with Crippen molar-refractivity contribution in [2.45, 2.75) is 26.4 Å². The molecule has 1 heterocycles. The number of aliphatic hydroxyl groups excluding tert-OH is 1. The molecule has 0 unspecified atom stereocenters. The molecule has 0 radical (unpaired) electrons. The van der Waals surface area contributed by atoms with Gasteiger partial charge in [-0.3, -0.25) is 9.69 Å². The van der Waals surface area contributed by atoms with Crippen LogP contribution in [0.2, 0.25) is 0 Å². The summed E-state index contributed by atoms with van der Waals surface area (Å²) in [7, 11) is 1.72. The molecule has 0 fully saturated rings. The largest absolute Gasteiger partial charge is 0.395 e. The van der Waals surface area contributed by atoms with Crippen molar-refractivity contribution >= 4 is 11.7 Å². The standard InChI is InChI=1S/C19H25N3O2/c1-14(2)17(13-23)21-12-15-8-4-5-9-16(15)19(24)22(3)18-10-6-7-11-20-18/h4-11,14,17,21,23H,12-13H2,1-3H3/t17-/m0/s1. The van der Waals surface area contributed by atoms with Gasteiger partial charge in [0.2, 0.25) is 0 Å². The zero-order valence-electron chi connectivity index (χ0n) is 14.4. The van der Waals surface area contributed by atoms with Gasteiger partial charge in [-0.05, 0) is 29.7 Å². The van der Waals surface area contributed by atoms with Crippen LogP contribution in [-0.2, 0) is 6.54 Å². The van der Waals surface area contributed by atoms with Gasteiger partial charge in [0.1, 0.15) is 5.82 Å². The Bertz CT molecular complexity index is 659. The Morgan fingerprint density at radius 2 is 1.92 bits per heavy atom. The number of rotatable bonds is 7. The average molecular weight is 327 g/mol. The Labute approximate surface area is 143 Å². The highest BCUT2D eigenvalue weighted by molar-refractivity contribution is 6.06. The molecular formula is C19H25N3O2. The summed E-state index contributed by atoms with van der Waals surface area (Å²) in [6.45, 7) is 4.71. The molecule has 2 aromatic rings. The molecule has 2 rings (SSSR count). The van der Waals surface area contributed by atoms with Crippen LogP contribution in [0.4, 0.5) is 5.82 Å². The lowest BCUT2D eigenvalue weighted by Gasteiger charge is -2.22. The van der Waals surface area contributed by atoms with Crippen molar-refractivity contribution in [1.29, 1.82) is 0 Å². The topological polar surface area (TPSA) is 65.5 Å². The second kappa shape index (κ2) is 8.57. The molecule has 128 valence electrons. The third-order valence-electron chi connectivity index (χ3n) is 4.10. The summed E-state index contributed by atoms with van der Waals surface area (Å²) in [5.74, 6) is 0.825. The molecule has 0 aliphatic carbocycles. The Kier molecular flexibility index (Phi) is 6.46. The zero-order valence-corrected chi connectivity index (χ0v) is 14.4. The van der Waals surface area contributed by atoms with Crippen LogP contribution in [-0.4, -0.2) is 35.7 Å². The van der Waals surface area contributed by atoms with Crippen molar-refractivity contribution in [3.8, 4) is 0 Å². The van der Waals surface area contributed by atoms with Gasteiger partial charge in [-0.2, -0.15) is 0 Å². The lowest BCUT2D eigenvalue weighted by molar-refractivity contribution is 0.0991. The highest BCUT2D eigenvalue weighted by atomic mass is 16.3. The first-order valence-corrected chi connectivity index (χ1v) is 8.15. The van der Waals surface area contributed by atoms with E-state index in [0.29, 0.717) is 23.8 Å². The number of nitrogens with one attached hydrogen (secondary N) is 1. The van der Waals surface area contributed by atoms with E-state index in [1.54, 1.807) is 24.2 Å². The zero-order chi connectivity index (χ0) is 17.5. The number of nitrogens with zero attached hydrogens (tertiary/aromatic N) is 2. The van der Waals surface area contributed by atoms with Gasteiger partial charge in [0, 0.05) is 31.4 Å². The molecule has 1 amide bonds. The summed E-state index contributed by atoms with van der Waals surface area (Å²) in [5, 5.41) is 12.8. The number of hydrogen-bond acceptors (Lipinski definition) is 4. The molecule has 0 saturated carbocycles. The molecule has 0 spiro atoms. The van der Waals surface area contributed by atoms with Crippen molar-refractivity contribution in [2.24, 2.45) is 5.92 Å². The Balaban J connectivity index is 2.17. The molecule has 0 saturated heterocycles. The van der Waals surface area contributed by atoms with Crippen LogP contribution in [0.25, 0.3) is 0 Å². The van der Waals surface area contributed by atoms with E-state index in [4.69, 9.17) is 0 Å². The first-order valence-electron chi connectivity index (χ1n) is 8.15. The van der Waals surface area contributed by atoms with E-state index in [-0.39, 0.29) is 18.6 Å². The van der Waals surface area contributed by atoms with Gasteiger partial charge in [0.05, 0.1) is 6.61 Å². The van der Waals surface area contributed by atoms with Gasteiger partial charge in [-0.15, -0.1) is 0 Å². The maximum absolute atomic E-state index is 12.8. The van der Waals surface area contributed by atoms with Crippen LogP contribution in [0, 0.1) is 5.92 Å². The third-order valence-corrected chi connectivity index (χ3v) is 4.10. The third kappa shape index (κ3) is 4.40. The Morgan fingerprint density at radius 1 is 1.21 bits per heavy atom. The number of carbonyl (C=O) groups is 1. The second-order valence-corrected chi connectivity index (χ2v) is 6.12. The highest BCUT2D eigenvalue weighted by Gasteiger charge is 2.18. The highest BCUT2D eigenvalue weighted by Crippen LogP contribution is 2.16. The second-order valence-electron chi connectivity index (χ2n) is 6.12. The van der Waals surface area contributed by atoms with E-state index < -0.39 is 0 Å². The normalized spacial score (nSPS) is 12.2. The molecule has 1 atom stereocenters. The number of amides is 1. The van der Waals surface area contributed by atoms with Crippen LogP contribution in [0.3, 0.4) is 0 Å². The lowest BCUT2D eigenvalue weighted by atomic mass is 10.0. The predicted molar refractivity (Wildman–Crippen MR) is 96.0 cm³/mol. The van der Waals surface area contributed by atoms with E-state index >= 15 is 0 Å². The fraction of sp³-hybridized carbons (Fsp3) is 0.368. The number of carbonyl (C=O) groups excluding carboxylic acids is 1. The molecule has 1 aromatic carbocycles. The molecule has 0 aliphatic rings. The van der Waals surface area contributed by atoms with E-state index in [2.05, 4.69) is 24.1 Å². The fourth-order valence-electron chi connectivity index (χ4n) is 2.47. The molecule has 5 heteroatoms. The van der Waals surface area contributed by atoms with E-state index in [1.807, 2.05) is 36.4 Å². The molecule has 0 aliphatic heterocycles. The minimum atomic E-state index is -0.101. The summed E-state index contributed by atoms with van der Waals surface area (Å²) in [6, 6.07) is 13.0. The van der Waals surface area contributed by atoms with Crippen molar-refractivity contribution in [3.05, 3.63) is 59.8 Å². The number of hydrogen-bond donors (Lipinski definition) is 2. The van der Waals surface area contributed by atoms with E-state index in [9.17, 15) is 9.90 Å². The van der Waals surface area contributed by atoms with Gasteiger partial charge in [-0.1, -0.05) is 38.1 Å². The van der Waals surface area contributed by atoms with Crippen molar-refractivity contribution in [3.63, 3.8) is 0 Å². The van der Waals surface area contributed by atoms with Crippen molar-refractivity contribution in [1.82, 2.24) is 10.3 Å². The van der Waals surface area contributed by atoms with Crippen LogP contribution in [0.15, 0.2) is 48.7 Å². The molecular weight excluding hydrogens is 302 g/mol. The average Bonchev–Trinajstić information content (AvgIpc) is 2.62. The monoisotopic (exact) mass is 327 g/mol. The van der Waals surface area contributed by atoms with Crippen LogP contribution in [0.5, 0.6) is 0 Å². The summed E-state index contributed by atoms with van der Waals surface area (Å²) in [6.07, 6.45) is 1.67. The Morgan fingerprint density at radius 3 is 2.54 bits per heavy atom. The summed E-state index contributed by atoms with van der Waals surface area (Å²) in [4.78, 5) is 18.6. The van der Waals surface area contributed by atoms with Gasteiger partial charge in [0.15, 0.2) is 0 Å². The molecule has 24 heavy (non-hydrogen) atoms. The van der Waals surface area contributed by atoms with E-state index in [1.165, 1.54) is 0 Å². The predicted octanol–water partition coefficient (Wildman–Crippen LogP) is 2.46. The minimum Gasteiger partial charge on any atom is -0.395 e. The van der Waals surface area contributed by atoms with Crippen molar-refractivity contribution in [2.75, 3.05) is 18.6 Å². The molecule has 5 nitrogen and oxygen atoms in total. The number of anilines is 1. The van der Waals surface area contributed by atoms with Gasteiger partial charge < -0.3 is 10.4 Å². The molecule has 2 N–H and O–H groups in total. The fourth-order valence-corrected chi connectivity index (χ4v) is 2.47. The maximum atomic E-state index is 12.8. The molecule has 0 bridgehead atoms. The summed E-state index contributed by atoms with van der Waals surface area (Å²) >= 11 is 0. The number of pyridine rings is 1.